The summed E-state index contributed by atoms with van der Waals surface area (Å²) in [5, 5.41) is 12.9. The van der Waals surface area contributed by atoms with Crippen LogP contribution in [0, 0.1) is 11.3 Å². The van der Waals surface area contributed by atoms with E-state index in [4.69, 9.17) is 5.26 Å². The highest BCUT2D eigenvalue weighted by Crippen LogP contribution is 2.23. The fraction of sp³-hybridized carbons (Fsp3) is 0.111. The summed E-state index contributed by atoms with van der Waals surface area (Å²) in [6.45, 7) is 1.45. The molecule has 0 aromatic carbocycles. The number of hydrogen-bond acceptors (Lipinski definition) is 3. The molecule has 1 rings (SSSR count). The Kier molecular flexibility index (Phi) is 3.23. The molecule has 0 aliphatic carbocycles. The van der Waals surface area contributed by atoms with Crippen molar-refractivity contribution in [3.63, 3.8) is 0 Å². The molecule has 1 heterocycles. The van der Waals surface area contributed by atoms with Crippen molar-refractivity contribution in [2.45, 2.75) is 6.92 Å². The molecule has 1 N–H and O–H groups in total. The number of allylic oxidation sites excluding steroid dienone is 1. The van der Waals surface area contributed by atoms with Crippen LogP contribution in [-0.4, -0.2) is 5.91 Å². The van der Waals surface area contributed by atoms with Crippen molar-refractivity contribution in [1.29, 1.82) is 5.26 Å². The van der Waals surface area contributed by atoms with Gasteiger partial charge in [-0.15, -0.1) is 11.3 Å². The van der Waals surface area contributed by atoms with Crippen LogP contribution in [0.2, 0.25) is 0 Å². The summed E-state index contributed by atoms with van der Waals surface area (Å²) in [5.74, 6) is -0.106. The van der Waals surface area contributed by atoms with Gasteiger partial charge in [-0.2, -0.15) is 5.26 Å². The molecule has 1 amide bonds. The zero-order valence-electron chi connectivity index (χ0n) is 7.07. The van der Waals surface area contributed by atoms with E-state index in [2.05, 4.69) is 5.32 Å². The number of thiophene rings is 1. The standard InChI is InChI=1S/C9H8N2OS/c1-7(12)11-8-4-6-13-9(8)3-2-5-10/h2-4,6H,1H3,(H,11,12)/b3-2+. The minimum atomic E-state index is -0.106. The molecule has 0 atom stereocenters. The first kappa shape index (κ1) is 9.49. The van der Waals surface area contributed by atoms with E-state index in [1.807, 2.05) is 17.5 Å². The summed E-state index contributed by atoms with van der Waals surface area (Å²) in [4.78, 5) is 11.6. The Balaban J connectivity index is 2.84. The maximum Gasteiger partial charge on any atom is 0.221 e. The lowest BCUT2D eigenvalue weighted by atomic mass is 10.3. The molecular weight excluding hydrogens is 184 g/mol. The van der Waals surface area contributed by atoms with Gasteiger partial charge in [0, 0.05) is 13.0 Å². The fourth-order valence-electron chi connectivity index (χ4n) is 0.856. The van der Waals surface area contributed by atoms with Crippen molar-refractivity contribution in [2.24, 2.45) is 0 Å². The summed E-state index contributed by atoms with van der Waals surface area (Å²) in [7, 11) is 0. The van der Waals surface area contributed by atoms with Gasteiger partial charge in [0.05, 0.1) is 16.6 Å². The summed E-state index contributed by atoms with van der Waals surface area (Å²) in [6.07, 6.45) is 3.06. The summed E-state index contributed by atoms with van der Waals surface area (Å²) in [6, 6.07) is 3.71. The van der Waals surface area contributed by atoms with Crippen molar-refractivity contribution >= 4 is 29.0 Å². The average Bonchev–Trinajstić information content (AvgIpc) is 2.48. The maximum atomic E-state index is 10.7. The van der Waals surface area contributed by atoms with E-state index in [-0.39, 0.29) is 5.91 Å². The molecule has 0 fully saturated rings. The van der Waals surface area contributed by atoms with E-state index in [1.54, 1.807) is 6.08 Å². The van der Waals surface area contributed by atoms with Crippen LogP contribution in [0.15, 0.2) is 17.5 Å². The Morgan fingerprint density at radius 3 is 3.15 bits per heavy atom. The Morgan fingerprint density at radius 1 is 1.77 bits per heavy atom. The van der Waals surface area contributed by atoms with Gasteiger partial charge in [0.2, 0.25) is 5.91 Å². The third-order valence-corrected chi connectivity index (χ3v) is 2.20. The van der Waals surface area contributed by atoms with Gasteiger partial charge in [-0.1, -0.05) is 0 Å². The molecule has 0 bridgehead atoms. The number of anilines is 1. The largest absolute Gasteiger partial charge is 0.325 e. The Labute approximate surface area is 80.3 Å². The van der Waals surface area contributed by atoms with Crippen LogP contribution in [0.3, 0.4) is 0 Å². The highest BCUT2D eigenvalue weighted by molar-refractivity contribution is 7.11. The van der Waals surface area contributed by atoms with Crippen molar-refractivity contribution in [2.75, 3.05) is 5.32 Å². The van der Waals surface area contributed by atoms with Crippen LogP contribution in [0.1, 0.15) is 11.8 Å². The second-order valence-corrected chi connectivity index (χ2v) is 3.29. The van der Waals surface area contributed by atoms with E-state index < -0.39 is 0 Å². The highest BCUT2D eigenvalue weighted by atomic mass is 32.1. The molecule has 0 unspecified atom stereocenters. The van der Waals surface area contributed by atoms with Gasteiger partial charge in [-0.05, 0) is 17.5 Å². The molecule has 13 heavy (non-hydrogen) atoms. The van der Waals surface area contributed by atoms with Crippen LogP contribution in [0.25, 0.3) is 6.08 Å². The lowest BCUT2D eigenvalue weighted by Crippen LogP contribution is -2.05. The van der Waals surface area contributed by atoms with Gasteiger partial charge in [-0.25, -0.2) is 0 Å². The third-order valence-electron chi connectivity index (χ3n) is 1.32. The fourth-order valence-corrected chi connectivity index (χ4v) is 1.60. The van der Waals surface area contributed by atoms with E-state index in [0.29, 0.717) is 0 Å². The SMILES string of the molecule is CC(=O)Nc1ccsc1/C=C/C#N. The van der Waals surface area contributed by atoms with Gasteiger partial charge < -0.3 is 5.32 Å². The lowest BCUT2D eigenvalue weighted by molar-refractivity contribution is -0.114. The van der Waals surface area contributed by atoms with Crippen molar-refractivity contribution in [1.82, 2.24) is 0 Å². The molecule has 0 radical (unpaired) electrons. The number of nitrogens with zero attached hydrogens (tertiary/aromatic N) is 1. The van der Waals surface area contributed by atoms with Crippen molar-refractivity contribution in [3.05, 3.63) is 22.4 Å². The Bertz CT molecular complexity index is 373. The first-order valence-corrected chi connectivity index (χ1v) is 4.53. The number of hydrogen-bond donors (Lipinski definition) is 1. The molecule has 0 saturated carbocycles. The van der Waals surface area contributed by atoms with Crippen LogP contribution in [-0.2, 0) is 4.79 Å². The average molecular weight is 192 g/mol. The predicted molar refractivity (Wildman–Crippen MR) is 53.3 cm³/mol. The van der Waals surface area contributed by atoms with Crippen molar-refractivity contribution in [3.8, 4) is 6.07 Å². The number of rotatable bonds is 2. The summed E-state index contributed by atoms with van der Waals surface area (Å²) < 4.78 is 0. The van der Waals surface area contributed by atoms with Gasteiger partial charge >= 0.3 is 0 Å². The number of amides is 1. The monoisotopic (exact) mass is 192 g/mol. The quantitative estimate of drug-likeness (QED) is 0.730. The normalized spacial score (nSPS) is 9.85. The molecular formula is C9H8N2OS. The predicted octanol–water partition coefficient (Wildman–Crippen LogP) is 2.24. The summed E-state index contributed by atoms with van der Waals surface area (Å²) >= 11 is 1.48. The smallest absolute Gasteiger partial charge is 0.221 e. The molecule has 1 aromatic heterocycles. The number of carbonyl (C=O) groups is 1. The molecule has 0 aliphatic rings. The van der Waals surface area contributed by atoms with E-state index in [1.165, 1.54) is 24.3 Å². The first-order valence-electron chi connectivity index (χ1n) is 3.65. The molecule has 0 spiro atoms. The molecule has 66 valence electrons. The molecule has 1 aromatic rings. The molecule has 4 heteroatoms. The highest BCUT2D eigenvalue weighted by Gasteiger charge is 2.01. The summed E-state index contributed by atoms with van der Waals surface area (Å²) in [5.41, 5.74) is 0.754. The zero-order valence-corrected chi connectivity index (χ0v) is 7.89. The molecule has 0 saturated heterocycles. The maximum absolute atomic E-state index is 10.7. The van der Waals surface area contributed by atoms with Gasteiger partial charge in [0.25, 0.3) is 0 Å². The van der Waals surface area contributed by atoms with Gasteiger partial charge in [-0.3, -0.25) is 4.79 Å². The third kappa shape index (κ3) is 2.73. The minimum Gasteiger partial charge on any atom is -0.325 e. The lowest BCUT2D eigenvalue weighted by Gasteiger charge is -1.98. The second kappa shape index (κ2) is 4.43. The minimum absolute atomic E-state index is 0.106. The Hall–Kier alpha value is -1.60. The number of nitrogens with one attached hydrogen (secondary N) is 1. The molecule has 0 aliphatic heterocycles. The Morgan fingerprint density at radius 2 is 2.54 bits per heavy atom. The van der Waals surface area contributed by atoms with Crippen LogP contribution in [0.4, 0.5) is 5.69 Å². The van der Waals surface area contributed by atoms with Crippen LogP contribution < -0.4 is 5.32 Å². The van der Waals surface area contributed by atoms with Gasteiger partial charge in [0.15, 0.2) is 0 Å². The van der Waals surface area contributed by atoms with E-state index in [9.17, 15) is 4.79 Å². The van der Waals surface area contributed by atoms with Crippen LogP contribution in [0.5, 0.6) is 0 Å². The van der Waals surface area contributed by atoms with E-state index in [0.717, 1.165) is 10.6 Å². The van der Waals surface area contributed by atoms with Crippen LogP contribution >= 0.6 is 11.3 Å². The van der Waals surface area contributed by atoms with Crippen molar-refractivity contribution < 1.29 is 4.79 Å². The second-order valence-electron chi connectivity index (χ2n) is 2.34. The van der Waals surface area contributed by atoms with Gasteiger partial charge in [0.1, 0.15) is 0 Å². The van der Waals surface area contributed by atoms with E-state index >= 15 is 0 Å². The number of carbonyl (C=O) groups excluding carboxylic acids is 1. The first-order chi connectivity index (χ1) is 6.24. The number of nitriles is 1. The molecule has 3 nitrogen and oxygen atoms in total. The topological polar surface area (TPSA) is 52.9 Å². The zero-order chi connectivity index (χ0) is 9.68.